The van der Waals surface area contributed by atoms with Crippen LogP contribution in [0.5, 0.6) is 17.2 Å². The van der Waals surface area contributed by atoms with Crippen molar-refractivity contribution in [2.45, 2.75) is 0 Å². The summed E-state index contributed by atoms with van der Waals surface area (Å²) < 4.78 is 15.8. The predicted octanol–water partition coefficient (Wildman–Crippen LogP) is 2.93. The number of benzene rings is 2. The molecule has 2 N–H and O–H groups in total. The molecule has 0 atom stereocenters. The average Bonchev–Trinajstić information content (AvgIpc) is 2.67. The molecule has 0 amide bonds. The molecule has 0 unspecified atom stereocenters. The van der Waals surface area contributed by atoms with Gasteiger partial charge in [0.15, 0.2) is 23.2 Å². The summed E-state index contributed by atoms with van der Waals surface area (Å²) >= 11 is 5.21. The average molecular weight is 370 g/mol. The molecule has 0 saturated carbocycles. The Balaban J connectivity index is 1.97. The molecular weight excluding hydrogens is 352 g/mol. The van der Waals surface area contributed by atoms with Crippen LogP contribution in [-0.2, 0) is 0 Å². The summed E-state index contributed by atoms with van der Waals surface area (Å²) in [5.74, 6) is 1.68. The number of hydrogen-bond acceptors (Lipinski definition) is 6. The fourth-order valence-corrected chi connectivity index (χ4v) is 2.22. The van der Waals surface area contributed by atoms with Gasteiger partial charge in [-0.25, -0.2) is 0 Å². The van der Waals surface area contributed by atoms with E-state index in [0.29, 0.717) is 22.4 Å². The molecule has 0 fully saturated rings. The monoisotopic (exact) mass is 370 g/mol. The molecule has 0 aliphatic carbocycles. The predicted molar refractivity (Wildman–Crippen MR) is 104 cm³/mol. The Kier molecular flexibility index (Phi) is 7.21. The van der Waals surface area contributed by atoms with Crippen molar-refractivity contribution in [1.29, 1.82) is 5.26 Å². The van der Waals surface area contributed by atoms with Crippen molar-refractivity contribution < 1.29 is 14.2 Å². The number of hydrogen-bond donors (Lipinski definition) is 2. The van der Waals surface area contributed by atoms with Gasteiger partial charge in [0.05, 0.1) is 26.1 Å². The fraction of sp³-hybridized carbons (Fsp3) is 0.167. The zero-order chi connectivity index (χ0) is 18.8. The molecule has 0 aliphatic rings. The van der Waals surface area contributed by atoms with E-state index in [4.69, 9.17) is 31.7 Å². The van der Waals surface area contributed by atoms with Crippen molar-refractivity contribution in [2.24, 2.45) is 5.10 Å². The normalized spacial score (nSPS) is 10.0. The maximum Gasteiger partial charge on any atom is 0.191 e. The smallest absolute Gasteiger partial charge is 0.191 e. The third-order valence-electron chi connectivity index (χ3n) is 3.21. The van der Waals surface area contributed by atoms with Crippen LogP contribution in [0.1, 0.15) is 5.56 Å². The van der Waals surface area contributed by atoms with Gasteiger partial charge in [-0.05, 0) is 48.1 Å². The molecule has 8 heteroatoms. The first-order chi connectivity index (χ1) is 12.7. The Labute approximate surface area is 157 Å². The number of rotatable bonds is 7. The maximum atomic E-state index is 8.58. The van der Waals surface area contributed by atoms with Crippen molar-refractivity contribution in [3.63, 3.8) is 0 Å². The van der Waals surface area contributed by atoms with Gasteiger partial charge in [0.25, 0.3) is 0 Å². The van der Waals surface area contributed by atoms with Gasteiger partial charge in [0.2, 0.25) is 0 Å². The van der Waals surface area contributed by atoms with Crippen LogP contribution in [-0.4, -0.2) is 32.2 Å². The van der Waals surface area contributed by atoms with Crippen LogP contribution in [0.4, 0.5) is 5.69 Å². The van der Waals surface area contributed by atoms with Crippen LogP contribution in [0.3, 0.4) is 0 Å². The Bertz CT molecular complexity index is 833. The van der Waals surface area contributed by atoms with Crippen LogP contribution >= 0.6 is 12.2 Å². The fourth-order valence-electron chi connectivity index (χ4n) is 2.06. The Morgan fingerprint density at radius 3 is 2.65 bits per heavy atom. The van der Waals surface area contributed by atoms with Gasteiger partial charge in [-0.3, -0.25) is 5.43 Å². The van der Waals surface area contributed by atoms with Gasteiger partial charge in [-0.1, -0.05) is 12.1 Å². The Morgan fingerprint density at radius 1 is 1.15 bits per heavy atom. The van der Waals surface area contributed by atoms with E-state index in [-0.39, 0.29) is 6.61 Å². The third-order valence-corrected chi connectivity index (χ3v) is 3.41. The topological polar surface area (TPSA) is 87.9 Å². The zero-order valence-electron chi connectivity index (χ0n) is 14.4. The molecule has 26 heavy (non-hydrogen) atoms. The van der Waals surface area contributed by atoms with E-state index in [1.54, 1.807) is 31.5 Å². The lowest BCUT2D eigenvalue weighted by Crippen LogP contribution is -2.24. The second kappa shape index (κ2) is 9.86. The number of thiocarbonyl (C=S) groups is 1. The molecule has 0 aliphatic heterocycles. The Morgan fingerprint density at radius 2 is 1.92 bits per heavy atom. The van der Waals surface area contributed by atoms with Crippen LogP contribution in [0.2, 0.25) is 0 Å². The van der Waals surface area contributed by atoms with Gasteiger partial charge in [-0.15, -0.1) is 0 Å². The number of nitriles is 1. The van der Waals surface area contributed by atoms with E-state index < -0.39 is 0 Å². The lowest BCUT2D eigenvalue weighted by molar-refractivity contribution is 0.329. The summed E-state index contributed by atoms with van der Waals surface area (Å²) in [5.41, 5.74) is 4.25. The summed E-state index contributed by atoms with van der Waals surface area (Å²) in [6, 6.07) is 14.6. The minimum absolute atomic E-state index is 0.0474. The van der Waals surface area contributed by atoms with Crippen LogP contribution in [0.15, 0.2) is 47.6 Å². The van der Waals surface area contributed by atoms with E-state index in [0.717, 1.165) is 11.3 Å². The number of nitrogens with one attached hydrogen (secondary N) is 2. The van der Waals surface area contributed by atoms with E-state index in [2.05, 4.69) is 15.8 Å². The molecule has 0 aromatic heterocycles. The number of anilines is 1. The van der Waals surface area contributed by atoms with Crippen molar-refractivity contribution in [2.75, 3.05) is 26.1 Å². The minimum Gasteiger partial charge on any atom is -0.495 e. The van der Waals surface area contributed by atoms with Crippen molar-refractivity contribution in [3.05, 3.63) is 48.0 Å². The number of hydrazone groups is 1. The summed E-state index contributed by atoms with van der Waals surface area (Å²) in [6.07, 6.45) is 1.59. The van der Waals surface area contributed by atoms with E-state index in [1.807, 2.05) is 30.3 Å². The van der Waals surface area contributed by atoms with Crippen molar-refractivity contribution in [3.8, 4) is 23.3 Å². The van der Waals surface area contributed by atoms with E-state index in [9.17, 15) is 0 Å². The molecule has 0 heterocycles. The minimum atomic E-state index is -0.0474. The van der Waals surface area contributed by atoms with E-state index >= 15 is 0 Å². The molecule has 2 rings (SSSR count). The van der Waals surface area contributed by atoms with E-state index in [1.165, 1.54) is 7.11 Å². The second-order valence-corrected chi connectivity index (χ2v) is 5.29. The van der Waals surface area contributed by atoms with Gasteiger partial charge in [0, 0.05) is 0 Å². The van der Waals surface area contributed by atoms with Gasteiger partial charge in [0.1, 0.15) is 11.8 Å². The second-order valence-electron chi connectivity index (χ2n) is 4.88. The molecule has 0 radical (unpaired) electrons. The molecule has 0 saturated heterocycles. The molecule has 0 bridgehead atoms. The SMILES string of the molecule is COc1ccccc1NC(=S)N/N=C/c1ccc(OCC#N)c(OC)c1. The molecule has 2 aromatic carbocycles. The van der Waals surface area contributed by atoms with Crippen LogP contribution < -0.4 is 25.0 Å². The number of para-hydroxylation sites is 2. The lowest BCUT2D eigenvalue weighted by atomic mass is 10.2. The first kappa shape index (κ1) is 19.0. The molecule has 0 spiro atoms. The summed E-state index contributed by atoms with van der Waals surface area (Å²) in [6.45, 7) is -0.0474. The quantitative estimate of drug-likeness (QED) is 0.440. The van der Waals surface area contributed by atoms with Crippen molar-refractivity contribution >= 4 is 29.2 Å². The number of nitrogens with zero attached hydrogens (tertiary/aromatic N) is 2. The highest BCUT2D eigenvalue weighted by atomic mass is 32.1. The standard InChI is InChI=1S/C18H18N4O3S/c1-23-15-6-4-3-5-14(15)21-18(26)22-20-12-13-7-8-16(25-10-9-19)17(11-13)24-2/h3-8,11-12H,10H2,1-2H3,(H2,21,22,26)/b20-12+. The number of methoxy groups -OCH3 is 2. The first-order valence-electron chi connectivity index (χ1n) is 7.58. The largest absolute Gasteiger partial charge is 0.495 e. The van der Waals surface area contributed by atoms with Gasteiger partial charge in [-0.2, -0.15) is 10.4 Å². The molecular formula is C18H18N4O3S. The number of ether oxygens (including phenoxy) is 3. The third kappa shape index (κ3) is 5.36. The lowest BCUT2D eigenvalue weighted by Gasteiger charge is -2.11. The molecule has 7 nitrogen and oxygen atoms in total. The molecule has 2 aromatic rings. The van der Waals surface area contributed by atoms with Crippen molar-refractivity contribution in [1.82, 2.24) is 5.43 Å². The summed E-state index contributed by atoms with van der Waals surface area (Å²) in [7, 11) is 3.12. The first-order valence-corrected chi connectivity index (χ1v) is 7.99. The van der Waals surface area contributed by atoms with Crippen LogP contribution in [0, 0.1) is 11.3 Å². The maximum absolute atomic E-state index is 8.58. The highest BCUT2D eigenvalue weighted by Gasteiger charge is 2.05. The Hall–Kier alpha value is -3.31. The summed E-state index contributed by atoms with van der Waals surface area (Å²) in [5, 5.41) is 16.0. The van der Waals surface area contributed by atoms with Crippen LogP contribution in [0.25, 0.3) is 0 Å². The highest BCUT2D eigenvalue weighted by Crippen LogP contribution is 2.27. The van der Waals surface area contributed by atoms with Gasteiger partial charge >= 0.3 is 0 Å². The molecule has 134 valence electrons. The zero-order valence-corrected chi connectivity index (χ0v) is 15.2. The summed E-state index contributed by atoms with van der Waals surface area (Å²) in [4.78, 5) is 0. The van der Waals surface area contributed by atoms with Gasteiger partial charge < -0.3 is 19.5 Å². The highest BCUT2D eigenvalue weighted by molar-refractivity contribution is 7.80.